The lowest BCUT2D eigenvalue weighted by Gasteiger charge is -2.23. The van der Waals surface area contributed by atoms with Gasteiger partial charge in [-0.3, -0.25) is 29.3 Å². The van der Waals surface area contributed by atoms with Gasteiger partial charge in [0.1, 0.15) is 0 Å². The van der Waals surface area contributed by atoms with Crippen LogP contribution < -0.4 is 4.72 Å². The summed E-state index contributed by atoms with van der Waals surface area (Å²) in [5.41, 5.74) is 0.314. The molecule has 1 aliphatic heterocycles. The number of hydrogen-bond acceptors (Lipinski definition) is 7. The van der Waals surface area contributed by atoms with Gasteiger partial charge < -0.3 is 9.80 Å². The van der Waals surface area contributed by atoms with E-state index >= 15 is 0 Å². The van der Waals surface area contributed by atoms with E-state index in [1.54, 1.807) is 23.9 Å². The molecule has 1 heterocycles. The van der Waals surface area contributed by atoms with Gasteiger partial charge in [-0.1, -0.05) is 6.07 Å². The molecule has 0 bridgehead atoms. The third kappa shape index (κ3) is 6.29. The van der Waals surface area contributed by atoms with Crippen molar-refractivity contribution in [3.8, 4) is 0 Å². The zero-order chi connectivity index (χ0) is 24.9. The lowest BCUT2D eigenvalue weighted by atomic mass is 10.2. The number of carbonyl (C=O) groups excluding carboxylic acids is 2. The quantitative estimate of drug-likeness (QED) is 0.462. The molecule has 0 aliphatic carbocycles. The van der Waals surface area contributed by atoms with E-state index in [0.29, 0.717) is 31.7 Å². The molecular weight excluding hydrogens is 462 g/mol. The van der Waals surface area contributed by atoms with Crippen LogP contribution >= 0.6 is 0 Å². The second-order valence-electron chi connectivity index (χ2n) is 8.15. The van der Waals surface area contributed by atoms with Gasteiger partial charge in [-0.2, -0.15) is 0 Å². The number of benzene rings is 2. The van der Waals surface area contributed by atoms with Crippen LogP contribution in [0.3, 0.4) is 0 Å². The molecule has 182 valence electrons. The van der Waals surface area contributed by atoms with E-state index in [4.69, 9.17) is 0 Å². The molecule has 0 unspecified atom stereocenters. The van der Waals surface area contributed by atoms with Crippen molar-refractivity contribution < 1.29 is 22.9 Å². The number of anilines is 1. The van der Waals surface area contributed by atoms with Crippen molar-refractivity contribution >= 4 is 33.2 Å². The van der Waals surface area contributed by atoms with E-state index in [0.717, 1.165) is 19.0 Å². The van der Waals surface area contributed by atoms with Gasteiger partial charge in [0, 0.05) is 63.7 Å². The summed E-state index contributed by atoms with van der Waals surface area (Å²) in [6.07, 6.45) is 0.744. The molecular formula is C22H27N5O6S. The van der Waals surface area contributed by atoms with Crippen molar-refractivity contribution in [2.45, 2.75) is 11.3 Å². The molecule has 0 radical (unpaired) electrons. The predicted molar refractivity (Wildman–Crippen MR) is 126 cm³/mol. The van der Waals surface area contributed by atoms with Crippen LogP contribution in [0.1, 0.15) is 16.8 Å². The maximum atomic E-state index is 12.9. The van der Waals surface area contributed by atoms with Crippen LogP contribution in [0.15, 0.2) is 53.4 Å². The van der Waals surface area contributed by atoms with Gasteiger partial charge in [0.15, 0.2) is 0 Å². The molecule has 11 nitrogen and oxygen atoms in total. The van der Waals surface area contributed by atoms with Gasteiger partial charge in [-0.15, -0.1) is 0 Å². The number of non-ortho nitro benzene ring substituents is 1. The molecule has 2 amide bonds. The number of sulfonamides is 1. The lowest BCUT2D eigenvalue weighted by molar-refractivity contribution is -0.385. The Bertz CT molecular complexity index is 1170. The molecule has 2 aromatic rings. The van der Waals surface area contributed by atoms with E-state index in [2.05, 4.69) is 4.72 Å². The standard InChI is InChI=1S/C22H27N5O6S/c1-24(2)21(28)16-25-11-4-12-26(14-13-25)22(29)17-7-9-18(10-8-17)23-34(32,33)20-6-3-5-19(15-20)27(30)31/h3,5-10,15,23H,4,11-14,16H2,1-2H3. The van der Waals surface area contributed by atoms with Crippen molar-refractivity contribution in [3.05, 3.63) is 64.2 Å². The Kier molecular flexibility index (Phi) is 7.84. The van der Waals surface area contributed by atoms with E-state index in [-0.39, 0.29) is 28.1 Å². The molecule has 0 saturated carbocycles. The predicted octanol–water partition coefficient (Wildman–Crippen LogP) is 1.63. The van der Waals surface area contributed by atoms with Crippen LogP contribution in [0, 0.1) is 10.1 Å². The number of nitro benzene ring substituents is 1. The highest BCUT2D eigenvalue weighted by Gasteiger charge is 2.22. The van der Waals surface area contributed by atoms with Crippen molar-refractivity contribution in [2.75, 3.05) is 51.5 Å². The number of nitrogens with zero attached hydrogens (tertiary/aromatic N) is 4. The summed E-state index contributed by atoms with van der Waals surface area (Å²) in [6, 6.07) is 10.8. The first-order valence-corrected chi connectivity index (χ1v) is 12.1. The summed E-state index contributed by atoms with van der Waals surface area (Å²) in [4.78, 5) is 40.2. The summed E-state index contributed by atoms with van der Waals surface area (Å²) in [5.74, 6) is -0.156. The highest BCUT2D eigenvalue weighted by Crippen LogP contribution is 2.21. The highest BCUT2D eigenvalue weighted by atomic mass is 32.2. The molecule has 1 N–H and O–H groups in total. The third-order valence-electron chi connectivity index (χ3n) is 5.46. The van der Waals surface area contributed by atoms with Crippen molar-refractivity contribution in [1.82, 2.24) is 14.7 Å². The van der Waals surface area contributed by atoms with Crippen LogP contribution in [0.5, 0.6) is 0 Å². The molecule has 1 fully saturated rings. The topological polar surface area (TPSA) is 133 Å². The fraction of sp³-hybridized carbons (Fsp3) is 0.364. The largest absolute Gasteiger partial charge is 0.348 e. The highest BCUT2D eigenvalue weighted by molar-refractivity contribution is 7.92. The first-order valence-electron chi connectivity index (χ1n) is 10.7. The molecule has 3 rings (SSSR count). The van der Waals surface area contributed by atoms with E-state index in [1.807, 2.05) is 4.90 Å². The summed E-state index contributed by atoms with van der Waals surface area (Å²) in [5, 5.41) is 10.9. The summed E-state index contributed by atoms with van der Waals surface area (Å²) in [7, 11) is -0.613. The van der Waals surface area contributed by atoms with Gasteiger partial charge in [-0.05, 0) is 36.8 Å². The first-order chi connectivity index (χ1) is 16.1. The Hall–Kier alpha value is -3.51. The van der Waals surface area contributed by atoms with Crippen molar-refractivity contribution in [2.24, 2.45) is 0 Å². The number of carbonyl (C=O) groups is 2. The number of rotatable bonds is 7. The second kappa shape index (κ2) is 10.6. The van der Waals surface area contributed by atoms with E-state index < -0.39 is 14.9 Å². The first kappa shape index (κ1) is 25.1. The summed E-state index contributed by atoms with van der Waals surface area (Å²) < 4.78 is 27.6. The zero-order valence-corrected chi connectivity index (χ0v) is 19.8. The van der Waals surface area contributed by atoms with Gasteiger partial charge in [0.2, 0.25) is 5.91 Å². The summed E-state index contributed by atoms with van der Waals surface area (Å²) >= 11 is 0. The molecule has 1 saturated heterocycles. The van der Waals surface area contributed by atoms with Crippen LogP contribution in [0.25, 0.3) is 0 Å². The normalized spacial score (nSPS) is 14.8. The SMILES string of the molecule is CN(C)C(=O)CN1CCCN(C(=O)c2ccc(NS(=O)(=O)c3cccc([N+](=O)[O-])c3)cc2)CC1. The molecule has 34 heavy (non-hydrogen) atoms. The van der Waals surface area contributed by atoms with Gasteiger partial charge in [0.05, 0.1) is 16.4 Å². The average molecular weight is 490 g/mol. The van der Waals surface area contributed by atoms with Crippen LogP contribution in [0.2, 0.25) is 0 Å². The number of nitrogens with one attached hydrogen (secondary N) is 1. The Balaban J connectivity index is 1.64. The number of hydrogen-bond donors (Lipinski definition) is 1. The minimum atomic E-state index is -4.04. The molecule has 2 aromatic carbocycles. The van der Waals surface area contributed by atoms with Gasteiger partial charge >= 0.3 is 0 Å². The molecule has 12 heteroatoms. The Labute approximate surface area is 198 Å². The minimum absolute atomic E-state index is 0.0166. The number of amides is 2. The molecule has 0 aromatic heterocycles. The Morgan fingerprint density at radius 3 is 2.41 bits per heavy atom. The monoisotopic (exact) mass is 489 g/mol. The smallest absolute Gasteiger partial charge is 0.270 e. The van der Waals surface area contributed by atoms with Crippen LogP contribution in [-0.2, 0) is 14.8 Å². The maximum absolute atomic E-state index is 12.9. The third-order valence-corrected chi connectivity index (χ3v) is 6.84. The van der Waals surface area contributed by atoms with Crippen molar-refractivity contribution in [1.29, 1.82) is 0 Å². The molecule has 1 aliphatic rings. The number of likely N-dealkylation sites (N-methyl/N-ethyl adjacent to an activating group) is 1. The van der Waals surface area contributed by atoms with Crippen molar-refractivity contribution in [3.63, 3.8) is 0 Å². The molecule has 0 spiro atoms. The summed E-state index contributed by atoms with van der Waals surface area (Å²) in [6.45, 7) is 2.68. The van der Waals surface area contributed by atoms with E-state index in [9.17, 15) is 28.1 Å². The fourth-order valence-corrected chi connectivity index (χ4v) is 4.60. The average Bonchev–Trinajstić information content (AvgIpc) is 3.04. The Morgan fingerprint density at radius 2 is 1.76 bits per heavy atom. The van der Waals surface area contributed by atoms with E-state index in [1.165, 1.54) is 42.5 Å². The minimum Gasteiger partial charge on any atom is -0.348 e. The lowest BCUT2D eigenvalue weighted by Crippen LogP contribution is -2.39. The van der Waals surface area contributed by atoms with Crippen LogP contribution in [0.4, 0.5) is 11.4 Å². The molecule has 0 atom stereocenters. The van der Waals surface area contributed by atoms with Gasteiger partial charge in [0.25, 0.3) is 21.6 Å². The zero-order valence-electron chi connectivity index (χ0n) is 19.0. The maximum Gasteiger partial charge on any atom is 0.270 e. The van der Waals surface area contributed by atoms with Gasteiger partial charge in [-0.25, -0.2) is 8.42 Å². The van der Waals surface area contributed by atoms with Crippen LogP contribution in [-0.4, -0.2) is 86.7 Å². The number of nitro groups is 1. The fourth-order valence-electron chi connectivity index (χ4n) is 3.51. The Morgan fingerprint density at radius 1 is 1.06 bits per heavy atom. The second-order valence-corrected chi connectivity index (χ2v) is 9.83.